The summed E-state index contributed by atoms with van der Waals surface area (Å²) in [7, 11) is 0. The Kier molecular flexibility index (Phi) is 5.03. The van der Waals surface area contributed by atoms with Crippen molar-refractivity contribution in [3.05, 3.63) is 11.6 Å². The van der Waals surface area contributed by atoms with Gasteiger partial charge in [0.25, 0.3) is 0 Å². The van der Waals surface area contributed by atoms with Crippen molar-refractivity contribution in [2.24, 2.45) is 0 Å². The molecule has 3 aliphatic rings. The normalized spacial score (nSPS) is 30.1. The summed E-state index contributed by atoms with van der Waals surface area (Å²) in [4.78, 5) is 27.5. The molecule has 2 aliphatic heterocycles. The summed E-state index contributed by atoms with van der Waals surface area (Å²) in [6, 6.07) is 0.359. The van der Waals surface area contributed by atoms with Gasteiger partial charge in [-0.25, -0.2) is 4.98 Å². The fraction of sp³-hybridized carbons (Fsp3) is 0.647. The van der Waals surface area contributed by atoms with E-state index in [1.807, 2.05) is 0 Å². The molecule has 1 amide bonds. The first-order valence-corrected chi connectivity index (χ1v) is 10.9. The molecule has 4 heterocycles. The lowest BCUT2D eigenvalue weighted by Gasteiger charge is -2.29. The molecule has 12 heteroatoms. The van der Waals surface area contributed by atoms with Gasteiger partial charge in [-0.3, -0.25) is 9.36 Å². The predicted octanol–water partition coefficient (Wildman–Crippen LogP) is 0.249. The van der Waals surface area contributed by atoms with Crippen LogP contribution in [0, 0.1) is 0 Å². The van der Waals surface area contributed by atoms with Gasteiger partial charge in [-0.2, -0.15) is 9.97 Å². The highest BCUT2D eigenvalue weighted by Gasteiger charge is 2.48. The van der Waals surface area contributed by atoms with E-state index in [1.165, 1.54) is 11.8 Å². The summed E-state index contributed by atoms with van der Waals surface area (Å²) >= 11 is 7.32. The Morgan fingerprint density at radius 1 is 1.24 bits per heavy atom. The van der Waals surface area contributed by atoms with Crippen LogP contribution >= 0.6 is 23.4 Å². The van der Waals surface area contributed by atoms with Crippen LogP contribution in [-0.2, 0) is 9.53 Å². The number of fused-ring (bicyclic) bond motifs is 1. The lowest BCUT2D eigenvalue weighted by molar-refractivity contribution is -0.137. The Morgan fingerprint density at radius 2 is 2.00 bits per heavy atom. The molecule has 5 rings (SSSR count). The number of carbonyl (C=O) groups is 1. The minimum Gasteiger partial charge on any atom is -0.389 e. The van der Waals surface area contributed by atoms with Crippen LogP contribution in [0.3, 0.4) is 0 Å². The van der Waals surface area contributed by atoms with Crippen LogP contribution in [0.15, 0.2) is 6.33 Å². The predicted molar refractivity (Wildman–Crippen MR) is 107 cm³/mol. The van der Waals surface area contributed by atoms with E-state index in [2.05, 4.69) is 20.3 Å². The van der Waals surface area contributed by atoms with Crippen molar-refractivity contribution in [2.45, 2.75) is 41.7 Å². The molecule has 2 saturated heterocycles. The van der Waals surface area contributed by atoms with Gasteiger partial charge >= 0.3 is 0 Å². The van der Waals surface area contributed by atoms with Gasteiger partial charge in [0.2, 0.25) is 11.2 Å². The Balaban J connectivity index is 1.43. The average Bonchev–Trinajstić information content (AvgIpc) is 3.37. The maximum atomic E-state index is 12.9. The third kappa shape index (κ3) is 3.55. The first-order valence-electron chi connectivity index (χ1n) is 9.57. The summed E-state index contributed by atoms with van der Waals surface area (Å²) in [5, 5.41) is 23.2. The molecule has 3 N–H and O–H groups in total. The molecule has 3 fully saturated rings. The van der Waals surface area contributed by atoms with Crippen molar-refractivity contribution >= 4 is 46.3 Å². The van der Waals surface area contributed by atoms with Crippen LogP contribution < -0.4 is 5.32 Å². The Hall–Kier alpha value is -1.66. The molecular formula is C17H21ClN6O4S. The first-order chi connectivity index (χ1) is 14.0. The van der Waals surface area contributed by atoms with Gasteiger partial charge in [0.15, 0.2) is 17.0 Å². The number of hydrogen-bond donors (Lipinski definition) is 3. The fourth-order valence-corrected chi connectivity index (χ4v) is 5.31. The van der Waals surface area contributed by atoms with Gasteiger partial charge in [0, 0.05) is 19.1 Å². The van der Waals surface area contributed by atoms with Gasteiger partial charge in [0.1, 0.15) is 22.8 Å². The molecule has 2 aromatic heterocycles. The second-order valence-electron chi connectivity index (χ2n) is 7.45. The maximum Gasteiger partial charge on any atom is 0.238 e. The molecule has 0 spiro atoms. The van der Waals surface area contributed by atoms with Gasteiger partial charge in [0.05, 0.1) is 19.5 Å². The van der Waals surface area contributed by atoms with Crippen LogP contribution in [0.5, 0.6) is 0 Å². The third-order valence-electron chi connectivity index (χ3n) is 5.39. The van der Waals surface area contributed by atoms with Crippen molar-refractivity contribution in [1.29, 1.82) is 0 Å². The number of aromatic nitrogens is 4. The number of morpholine rings is 1. The Labute approximate surface area is 175 Å². The number of amides is 1. The summed E-state index contributed by atoms with van der Waals surface area (Å²) in [5.41, 5.74) is 1.00. The van der Waals surface area contributed by atoms with E-state index < -0.39 is 22.8 Å². The molecule has 0 aromatic carbocycles. The molecule has 4 atom stereocenters. The second-order valence-corrected chi connectivity index (χ2v) is 9.05. The van der Waals surface area contributed by atoms with E-state index in [-0.39, 0.29) is 11.2 Å². The van der Waals surface area contributed by atoms with E-state index in [0.717, 1.165) is 12.8 Å². The minimum atomic E-state index is -1.20. The highest BCUT2D eigenvalue weighted by Crippen LogP contribution is 2.44. The number of nitrogens with one attached hydrogen (secondary N) is 1. The fourth-order valence-electron chi connectivity index (χ4n) is 3.65. The van der Waals surface area contributed by atoms with Crippen LogP contribution in [0.4, 0.5) is 5.82 Å². The number of thioether (sulfide) groups is 1. The molecule has 0 radical (unpaired) electrons. The van der Waals surface area contributed by atoms with E-state index in [4.69, 9.17) is 16.3 Å². The average molecular weight is 441 g/mol. The zero-order valence-corrected chi connectivity index (χ0v) is 17.0. The molecule has 1 aliphatic carbocycles. The zero-order valence-electron chi connectivity index (χ0n) is 15.4. The van der Waals surface area contributed by atoms with E-state index in [1.54, 1.807) is 15.8 Å². The van der Waals surface area contributed by atoms with E-state index in [0.29, 0.717) is 49.3 Å². The number of hydrogen-bond acceptors (Lipinski definition) is 9. The van der Waals surface area contributed by atoms with Crippen LogP contribution in [0.25, 0.3) is 11.2 Å². The molecule has 1 saturated carbocycles. The summed E-state index contributed by atoms with van der Waals surface area (Å²) in [6.45, 7) is 1.92. The standard InChI is InChI=1S/C17H21ClN6O4S/c18-17-21-13(20-8-1-2-8)9-14(22-17)24(7-19-9)16-11(26)10(25)12(29-16)15(27)23-3-5-28-6-4-23/h7-8,10-12,16,25-26H,1-6H2,(H,20,21,22)/t10-,11+,12-,16+/m0/s1. The lowest BCUT2D eigenvalue weighted by atomic mass is 10.1. The monoisotopic (exact) mass is 440 g/mol. The summed E-state index contributed by atoms with van der Waals surface area (Å²) in [5.74, 6) is 0.362. The number of ether oxygens (including phenoxy) is 1. The summed E-state index contributed by atoms with van der Waals surface area (Å²) < 4.78 is 6.94. The number of halogens is 1. The number of imidazole rings is 1. The molecule has 29 heavy (non-hydrogen) atoms. The van der Waals surface area contributed by atoms with Gasteiger partial charge in [-0.1, -0.05) is 0 Å². The molecule has 10 nitrogen and oxygen atoms in total. The van der Waals surface area contributed by atoms with Gasteiger partial charge in [-0.15, -0.1) is 11.8 Å². The second kappa shape index (κ2) is 7.55. The molecular weight excluding hydrogens is 420 g/mol. The van der Waals surface area contributed by atoms with Crippen LogP contribution in [-0.4, -0.2) is 90.3 Å². The van der Waals surface area contributed by atoms with Crippen molar-refractivity contribution in [2.75, 3.05) is 31.6 Å². The summed E-state index contributed by atoms with van der Waals surface area (Å²) in [6.07, 6.45) is 1.33. The zero-order chi connectivity index (χ0) is 20.1. The van der Waals surface area contributed by atoms with E-state index >= 15 is 0 Å². The molecule has 2 aromatic rings. The van der Waals surface area contributed by atoms with Crippen molar-refractivity contribution in [1.82, 2.24) is 24.4 Å². The van der Waals surface area contributed by atoms with Crippen molar-refractivity contribution in [3.8, 4) is 0 Å². The maximum absolute atomic E-state index is 12.9. The molecule has 0 bridgehead atoms. The Morgan fingerprint density at radius 3 is 2.72 bits per heavy atom. The minimum absolute atomic E-state index is 0.0707. The number of rotatable bonds is 4. The molecule has 0 unspecified atom stereocenters. The highest BCUT2D eigenvalue weighted by molar-refractivity contribution is 8.01. The van der Waals surface area contributed by atoms with Crippen molar-refractivity contribution < 1.29 is 19.7 Å². The van der Waals surface area contributed by atoms with Gasteiger partial charge < -0.3 is 25.2 Å². The number of anilines is 1. The topological polar surface area (TPSA) is 126 Å². The largest absolute Gasteiger partial charge is 0.389 e. The number of carbonyl (C=O) groups excluding carboxylic acids is 1. The van der Waals surface area contributed by atoms with Crippen LogP contribution in [0.2, 0.25) is 5.28 Å². The van der Waals surface area contributed by atoms with Crippen LogP contribution in [0.1, 0.15) is 18.2 Å². The highest BCUT2D eigenvalue weighted by atomic mass is 35.5. The van der Waals surface area contributed by atoms with Crippen molar-refractivity contribution in [3.63, 3.8) is 0 Å². The third-order valence-corrected chi connectivity index (χ3v) is 7.12. The lowest BCUT2D eigenvalue weighted by Crippen LogP contribution is -2.48. The number of nitrogens with zero attached hydrogens (tertiary/aromatic N) is 5. The molecule has 156 valence electrons. The Bertz CT molecular complexity index is 934. The SMILES string of the molecule is O=C([C@H]1S[C@@H](n2cnc3c(NC4CC4)nc(Cl)nc32)[C@H](O)[C@@H]1O)N1CCOCC1. The van der Waals surface area contributed by atoms with E-state index in [9.17, 15) is 15.0 Å². The first kappa shape index (κ1) is 19.3. The quantitative estimate of drug-likeness (QED) is 0.573. The smallest absolute Gasteiger partial charge is 0.238 e. The van der Waals surface area contributed by atoms with Gasteiger partial charge in [-0.05, 0) is 24.4 Å². The number of aliphatic hydroxyl groups excluding tert-OH is 2. The number of aliphatic hydroxyl groups is 2.